The summed E-state index contributed by atoms with van der Waals surface area (Å²) < 4.78 is 64.0. The Morgan fingerprint density at radius 3 is 2.21 bits per heavy atom. The third kappa shape index (κ3) is 8.19. The van der Waals surface area contributed by atoms with E-state index in [1.165, 1.54) is 12.1 Å². The van der Waals surface area contributed by atoms with E-state index in [0.29, 0.717) is 13.2 Å². The smallest absolute Gasteiger partial charge is 0.444 e. The van der Waals surface area contributed by atoms with Crippen LogP contribution >= 0.6 is 0 Å². The van der Waals surface area contributed by atoms with Crippen LogP contribution in [0.15, 0.2) is 40.4 Å². The predicted molar refractivity (Wildman–Crippen MR) is 117 cm³/mol. The Bertz CT molecular complexity index is 788. The number of alkyl halides is 3. The van der Waals surface area contributed by atoms with Crippen LogP contribution in [0.3, 0.4) is 0 Å². The molecule has 2 rings (SSSR count). The van der Waals surface area contributed by atoms with Gasteiger partial charge in [-0.05, 0) is 37.4 Å². The first-order chi connectivity index (χ1) is 15.8. The summed E-state index contributed by atoms with van der Waals surface area (Å²) >= 11 is 0. The summed E-state index contributed by atoms with van der Waals surface area (Å²) in [5, 5.41) is 3.68. The van der Waals surface area contributed by atoms with E-state index in [0.717, 1.165) is 25.7 Å². The standard InChI is InChI=1S/C22H31F3N4O4/c1-4-6-13-30-18-15(3)32-20(17(28-29-26)19(18)31-14-7-5-2)33-21(22(23,24)25)27-16-11-9-8-10-12-16/h8-12,15,17-20H,4-7,13-14H2,1-3H3/b27-21+/t15-,17-,18+,19?,20-/m0/s1. The topological polar surface area (TPSA) is 98.0 Å². The lowest BCUT2D eigenvalue weighted by molar-refractivity contribution is -0.256. The zero-order valence-electron chi connectivity index (χ0n) is 19.1. The van der Waals surface area contributed by atoms with Crippen molar-refractivity contribution < 1.29 is 32.1 Å². The van der Waals surface area contributed by atoms with Gasteiger partial charge in [0, 0.05) is 18.1 Å². The van der Waals surface area contributed by atoms with Gasteiger partial charge in [-0.1, -0.05) is 50.0 Å². The Morgan fingerprint density at radius 2 is 1.67 bits per heavy atom. The van der Waals surface area contributed by atoms with E-state index in [9.17, 15) is 13.2 Å². The van der Waals surface area contributed by atoms with Crippen molar-refractivity contribution in [3.63, 3.8) is 0 Å². The zero-order chi connectivity index (χ0) is 24.3. The maximum absolute atomic E-state index is 13.7. The van der Waals surface area contributed by atoms with Crippen molar-refractivity contribution in [2.45, 2.75) is 83.3 Å². The molecule has 0 spiro atoms. The van der Waals surface area contributed by atoms with Gasteiger partial charge < -0.3 is 18.9 Å². The van der Waals surface area contributed by atoms with Crippen molar-refractivity contribution >= 4 is 11.6 Å². The summed E-state index contributed by atoms with van der Waals surface area (Å²) in [5.74, 6) is -1.50. The average molecular weight is 473 g/mol. The quantitative estimate of drug-likeness (QED) is 0.0972. The average Bonchev–Trinajstić information content (AvgIpc) is 2.77. The van der Waals surface area contributed by atoms with E-state index >= 15 is 0 Å². The van der Waals surface area contributed by atoms with Gasteiger partial charge in [-0.15, -0.1) is 0 Å². The highest BCUT2D eigenvalue weighted by Gasteiger charge is 2.49. The van der Waals surface area contributed by atoms with Crippen LogP contribution in [-0.4, -0.2) is 55.9 Å². The van der Waals surface area contributed by atoms with Gasteiger partial charge in [0.05, 0.1) is 11.8 Å². The maximum Gasteiger partial charge on any atom is 0.468 e. The third-order valence-corrected chi connectivity index (χ3v) is 5.01. The fourth-order valence-corrected chi connectivity index (χ4v) is 3.30. The van der Waals surface area contributed by atoms with Crippen LogP contribution in [0.1, 0.15) is 46.5 Å². The molecule has 1 unspecified atom stereocenters. The number of rotatable bonds is 11. The van der Waals surface area contributed by atoms with E-state index < -0.39 is 42.7 Å². The molecule has 0 aromatic heterocycles. The highest BCUT2D eigenvalue weighted by Crippen LogP contribution is 2.32. The fourth-order valence-electron chi connectivity index (χ4n) is 3.30. The minimum Gasteiger partial charge on any atom is -0.444 e. The molecule has 1 saturated heterocycles. The number of nitrogens with zero attached hydrogens (tertiary/aromatic N) is 4. The SMILES string of the molecule is CCCCOC1[C@H](N=[N+]=[N-])[C@H](O/C(=N/c2ccccc2)C(F)(F)F)O[C@@H](C)[C@H]1OCCCC. The van der Waals surface area contributed by atoms with Crippen LogP contribution in [0.4, 0.5) is 18.9 Å². The number of hydrogen-bond donors (Lipinski definition) is 0. The molecule has 0 amide bonds. The normalized spacial score (nSPS) is 26.0. The van der Waals surface area contributed by atoms with Crippen molar-refractivity contribution in [1.82, 2.24) is 0 Å². The summed E-state index contributed by atoms with van der Waals surface area (Å²) in [7, 11) is 0. The predicted octanol–water partition coefficient (Wildman–Crippen LogP) is 6.09. The number of benzene rings is 1. The van der Waals surface area contributed by atoms with Crippen molar-refractivity contribution in [3.05, 3.63) is 40.8 Å². The second kappa shape index (κ2) is 13.4. The summed E-state index contributed by atoms with van der Waals surface area (Å²) in [5.41, 5.74) is 9.18. The summed E-state index contributed by atoms with van der Waals surface area (Å²) in [6.45, 7) is 6.40. The lowest BCUT2D eigenvalue weighted by Crippen LogP contribution is -2.59. The summed E-state index contributed by atoms with van der Waals surface area (Å²) in [6, 6.07) is 6.40. The van der Waals surface area contributed by atoms with Gasteiger partial charge in [-0.3, -0.25) is 0 Å². The monoisotopic (exact) mass is 472 g/mol. The first-order valence-electron chi connectivity index (χ1n) is 11.1. The number of ether oxygens (including phenoxy) is 4. The van der Waals surface area contributed by atoms with Crippen LogP contribution in [-0.2, 0) is 18.9 Å². The van der Waals surface area contributed by atoms with Crippen molar-refractivity contribution in [2.24, 2.45) is 10.1 Å². The molecule has 5 atom stereocenters. The van der Waals surface area contributed by atoms with Gasteiger partial charge in [-0.25, -0.2) is 4.99 Å². The van der Waals surface area contributed by atoms with Crippen LogP contribution in [0.2, 0.25) is 0 Å². The van der Waals surface area contributed by atoms with Gasteiger partial charge >= 0.3 is 6.18 Å². The molecule has 1 heterocycles. The molecule has 184 valence electrons. The molecule has 8 nitrogen and oxygen atoms in total. The molecule has 1 aromatic carbocycles. The van der Waals surface area contributed by atoms with Crippen LogP contribution in [0.5, 0.6) is 0 Å². The Hall–Kier alpha value is -2.33. The van der Waals surface area contributed by atoms with Gasteiger partial charge in [0.2, 0.25) is 6.29 Å². The first kappa shape index (κ1) is 26.9. The van der Waals surface area contributed by atoms with Crippen LogP contribution < -0.4 is 0 Å². The highest BCUT2D eigenvalue weighted by molar-refractivity contribution is 5.84. The van der Waals surface area contributed by atoms with Crippen molar-refractivity contribution in [2.75, 3.05) is 13.2 Å². The highest BCUT2D eigenvalue weighted by atomic mass is 19.4. The Balaban J connectivity index is 2.35. The van der Waals surface area contributed by atoms with Gasteiger partial charge in [0.1, 0.15) is 18.2 Å². The van der Waals surface area contributed by atoms with Gasteiger partial charge in [0.25, 0.3) is 5.90 Å². The fraction of sp³-hybridized carbons (Fsp3) is 0.682. The second-order valence-corrected chi connectivity index (χ2v) is 7.65. The molecular weight excluding hydrogens is 441 g/mol. The molecule has 1 aliphatic rings. The lowest BCUT2D eigenvalue weighted by atomic mass is 9.97. The minimum absolute atomic E-state index is 0.0607. The molecule has 33 heavy (non-hydrogen) atoms. The van der Waals surface area contributed by atoms with Gasteiger partial charge in [-0.2, -0.15) is 13.2 Å². The van der Waals surface area contributed by atoms with Crippen molar-refractivity contribution in [1.29, 1.82) is 0 Å². The van der Waals surface area contributed by atoms with E-state index in [1.807, 2.05) is 13.8 Å². The number of para-hydroxylation sites is 1. The minimum atomic E-state index is -4.89. The Kier molecular flexibility index (Phi) is 10.9. The molecule has 0 radical (unpaired) electrons. The summed E-state index contributed by atoms with van der Waals surface area (Å²) in [6.07, 6.45) is -5.32. The number of aliphatic imine (C=N–C) groups is 1. The van der Waals surface area contributed by atoms with Crippen LogP contribution in [0, 0.1) is 0 Å². The molecule has 0 bridgehead atoms. The second-order valence-electron chi connectivity index (χ2n) is 7.65. The Morgan fingerprint density at radius 1 is 1.06 bits per heavy atom. The maximum atomic E-state index is 13.7. The molecule has 1 fully saturated rings. The van der Waals surface area contributed by atoms with Gasteiger partial charge in [0.15, 0.2) is 0 Å². The first-order valence-corrected chi connectivity index (χ1v) is 11.1. The van der Waals surface area contributed by atoms with E-state index in [4.69, 9.17) is 24.5 Å². The van der Waals surface area contributed by atoms with Crippen molar-refractivity contribution in [3.8, 4) is 0 Å². The number of unbranched alkanes of at least 4 members (excludes halogenated alkanes) is 2. The molecule has 0 saturated carbocycles. The van der Waals surface area contributed by atoms with Crippen LogP contribution in [0.25, 0.3) is 10.4 Å². The Labute approximate surface area is 191 Å². The number of halogens is 3. The molecule has 1 aromatic rings. The number of hydrogen-bond acceptors (Lipinski definition) is 6. The zero-order valence-corrected chi connectivity index (χ0v) is 19.1. The number of azide groups is 1. The molecule has 0 N–H and O–H groups in total. The third-order valence-electron chi connectivity index (χ3n) is 5.01. The molecular formula is C22H31F3N4O4. The van der Waals surface area contributed by atoms with E-state index in [1.54, 1.807) is 25.1 Å². The van der Waals surface area contributed by atoms with E-state index in [-0.39, 0.29) is 5.69 Å². The molecule has 0 aliphatic carbocycles. The molecule has 1 aliphatic heterocycles. The largest absolute Gasteiger partial charge is 0.468 e. The van der Waals surface area contributed by atoms with E-state index in [2.05, 4.69) is 15.0 Å². The summed E-state index contributed by atoms with van der Waals surface area (Å²) in [4.78, 5) is 6.41. The lowest BCUT2D eigenvalue weighted by Gasteiger charge is -2.43. The molecule has 11 heteroatoms.